The van der Waals surface area contributed by atoms with E-state index in [2.05, 4.69) is 10.6 Å². The summed E-state index contributed by atoms with van der Waals surface area (Å²) in [4.78, 5) is 21.8. The van der Waals surface area contributed by atoms with Crippen LogP contribution in [0, 0.1) is 15.9 Å². The standard InChI is InChI=1S/C13H16FN3O3S/c14-11-2-1-9(17(19)20)7-12(11)16-13(18)8-21-10-3-5-15-6-4-10/h1-2,7,10,15H,3-6,8H2,(H,16,18). The second-order valence-electron chi connectivity index (χ2n) is 4.73. The Morgan fingerprint density at radius 1 is 1.48 bits per heavy atom. The molecule has 2 rings (SSSR count). The summed E-state index contributed by atoms with van der Waals surface area (Å²) in [7, 11) is 0. The van der Waals surface area contributed by atoms with Gasteiger partial charge < -0.3 is 10.6 Å². The number of nitro benzene ring substituents is 1. The maximum atomic E-state index is 13.5. The number of carbonyl (C=O) groups is 1. The molecule has 0 bridgehead atoms. The molecule has 1 aliphatic rings. The fourth-order valence-corrected chi connectivity index (χ4v) is 3.09. The van der Waals surface area contributed by atoms with Crippen LogP contribution in [0.15, 0.2) is 18.2 Å². The number of anilines is 1. The average molecular weight is 313 g/mol. The number of carbonyl (C=O) groups excluding carboxylic acids is 1. The summed E-state index contributed by atoms with van der Waals surface area (Å²) in [5.74, 6) is -0.814. The van der Waals surface area contributed by atoms with Gasteiger partial charge in [-0.15, -0.1) is 11.8 Å². The van der Waals surface area contributed by atoms with Crippen LogP contribution in [0.25, 0.3) is 0 Å². The van der Waals surface area contributed by atoms with Gasteiger partial charge in [0.05, 0.1) is 16.4 Å². The summed E-state index contributed by atoms with van der Waals surface area (Å²) in [6.45, 7) is 1.89. The van der Waals surface area contributed by atoms with E-state index in [1.165, 1.54) is 11.8 Å². The molecule has 1 aromatic carbocycles. The van der Waals surface area contributed by atoms with Gasteiger partial charge in [-0.25, -0.2) is 4.39 Å². The minimum absolute atomic E-state index is 0.153. The third kappa shape index (κ3) is 4.68. The lowest BCUT2D eigenvalue weighted by Gasteiger charge is -2.21. The minimum Gasteiger partial charge on any atom is -0.323 e. The number of thioether (sulfide) groups is 1. The zero-order chi connectivity index (χ0) is 15.2. The Balaban J connectivity index is 1.89. The van der Waals surface area contributed by atoms with Crippen molar-refractivity contribution in [2.24, 2.45) is 0 Å². The van der Waals surface area contributed by atoms with Gasteiger partial charge in [-0.3, -0.25) is 14.9 Å². The molecule has 1 aliphatic heterocycles. The van der Waals surface area contributed by atoms with E-state index >= 15 is 0 Å². The third-order valence-electron chi connectivity index (χ3n) is 3.17. The molecule has 1 heterocycles. The molecule has 0 spiro atoms. The number of benzene rings is 1. The minimum atomic E-state index is -0.680. The van der Waals surface area contributed by atoms with Crippen molar-refractivity contribution in [3.8, 4) is 0 Å². The van der Waals surface area contributed by atoms with E-state index in [1.807, 2.05) is 0 Å². The summed E-state index contributed by atoms with van der Waals surface area (Å²) in [5, 5.41) is 16.7. The molecule has 21 heavy (non-hydrogen) atoms. The maximum Gasteiger partial charge on any atom is 0.271 e. The number of rotatable bonds is 5. The first-order valence-electron chi connectivity index (χ1n) is 6.62. The first-order chi connectivity index (χ1) is 10.1. The molecule has 6 nitrogen and oxygen atoms in total. The third-order valence-corrected chi connectivity index (χ3v) is 4.54. The highest BCUT2D eigenvalue weighted by Crippen LogP contribution is 2.23. The van der Waals surface area contributed by atoms with Crippen molar-refractivity contribution in [3.63, 3.8) is 0 Å². The van der Waals surface area contributed by atoms with Gasteiger partial charge in [-0.2, -0.15) is 0 Å². The monoisotopic (exact) mass is 313 g/mol. The number of piperidine rings is 1. The van der Waals surface area contributed by atoms with Gasteiger partial charge in [-0.05, 0) is 32.0 Å². The van der Waals surface area contributed by atoms with Gasteiger partial charge in [0.15, 0.2) is 0 Å². The lowest BCUT2D eigenvalue weighted by atomic mass is 10.2. The van der Waals surface area contributed by atoms with Crippen molar-refractivity contribution < 1.29 is 14.1 Å². The van der Waals surface area contributed by atoms with Crippen LogP contribution < -0.4 is 10.6 Å². The summed E-state index contributed by atoms with van der Waals surface area (Å²) in [6, 6.07) is 3.07. The Morgan fingerprint density at radius 3 is 2.86 bits per heavy atom. The van der Waals surface area contributed by atoms with Crippen molar-refractivity contribution in [1.29, 1.82) is 0 Å². The lowest BCUT2D eigenvalue weighted by molar-refractivity contribution is -0.384. The molecule has 0 atom stereocenters. The zero-order valence-corrected chi connectivity index (χ0v) is 12.1. The molecule has 0 radical (unpaired) electrons. The SMILES string of the molecule is O=C(CSC1CCNCC1)Nc1cc([N+](=O)[O-])ccc1F. The molecule has 0 aliphatic carbocycles. The van der Waals surface area contributed by atoms with Crippen molar-refractivity contribution in [1.82, 2.24) is 5.32 Å². The van der Waals surface area contributed by atoms with Crippen molar-refractivity contribution >= 4 is 29.0 Å². The predicted molar refractivity (Wildman–Crippen MR) is 80.0 cm³/mol. The van der Waals surface area contributed by atoms with Gasteiger partial charge in [0.25, 0.3) is 5.69 Å². The Labute approximate surface area is 125 Å². The molecule has 0 aromatic heterocycles. The molecule has 1 fully saturated rings. The van der Waals surface area contributed by atoms with E-state index in [9.17, 15) is 19.3 Å². The average Bonchev–Trinajstić information content (AvgIpc) is 2.48. The van der Waals surface area contributed by atoms with Crippen LogP contribution in [-0.4, -0.2) is 34.9 Å². The van der Waals surface area contributed by atoms with E-state index in [-0.39, 0.29) is 23.0 Å². The van der Waals surface area contributed by atoms with Crippen LogP contribution in [0.2, 0.25) is 0 Å². The second kappa shape index (κ2) is 7.37. The zero-order valence-electron chi connectivity index (χ0n) is 11.3. The molecule has 114 valence electrons. The number of hydrogen-bond donors (Lipinski definition) is 2. The van der Waals surface area contributed by atoms with Crippen LogP contribution in [0.1, 0.15) is 12.8 Å². The molecule has 0 saturated carbocycles. The van der Waals surface area contributed by atoms with Crippen LogP contribution >= 0.6 is 11.8 Å². The summed E-state index contributed by atoms with van der Waals surface area (Å²) in [6.07, 6.45) is 2.01. The molecule has 1 saturated heterocycles. The normalized spacial score (nSPS) is 15.7. The Hall–Kier alpha value is -1.67. The van der Waals surface area contributed by atoms with E-state index < -0.39 is 10.7 Å². The topological polar surface area (TPSA) is 84.3 Å². The van der Waals surface area contributed by atoms with Crippen LogP contribution in [-0.2, 0) is 4.79 Å². The van der Waals surface area contributed by atoms with Gasteiger partial charge >= 0.3 is 0 Å². The number of non-ortho nitro benzene ring substituents is 1. The smallest absolute Gasteiger partial charge is 0.271 e. The number of hydrogen-bond acceptors (Lipinski definition) is 5. The predicted octanol–water partition coefficient (Wildman–Crippen LogP) is 2.16. The Kier molecular flexibility index (Phi) is 5.51. The van der Waals surface area contributed by atoms with Crippen LogP contribution in [0.3, 0.4) is 0 Å². The van der Waals surface area contributed by atoms with E-state index in [0.717, 1.165) is 44.1 Å². The number of nitrogens with one attached hydrogen (secondary N) is 2. The quantitative estimate of drug-likeness (QED) is 0.643. The fourth-order valence-electron chi connectivity index (χ4n) is 2.06. The maximum absolute atomic E-state index is 13.5. The molecule has 0 unspecified atom stereocenters. The van der Waals surface area contributed by atoms with E-state index in [4.69, 9.17) is 0 Å². The molecule has 1 amide bonds. The van der Waals surface area contributed by atoms with Gasteiger partial charge in [0, 0.05) is 17.4 Å². The molecule has 2 N–H and O–H groups in total. The number of nitro groups is 1. The molecular formula is C13H16FN3O3S. The molecular weight excluding hydrogens is 297 g/mol. The summed E-state index contributed by atoms with van der Waals surface area (Å²) < 4.78 is 13.5. The van der Waals surface area contributed by atoms with Crippen LogP contribution in [0.5, 0.6) is 0 Å². The summed E-state index contributed by atoms with van der Waals surface area (Å²) in [5.41, 5.74) is -0.405. The Bertz CT molecular complexity index is 535. The highest BCUT2D eigenvalue weighted by atomic mass is 32.2. The van der Waals surface area contributed by atoms with Gasteiger partial charge in [0.2, 0.25) is 5.91 Å². The first-order valence-corrected chi connectivity index (χ1v) is 7.67. The highest BCUT2D eigenvalue weighted by Gasteiger charge is 2.17. The fraction of sp³-hybridized carbons (Fsp3) is 0.462. The first kappa shape index (κ1) is 15.7. The molecule has 8 heteroatoms. The number of halogens is 1. The summed E-state index contributed by atoms with van der Waals surface area (Å²) >= 11 is 1.53. The Morgan fingerprint density at radius 2 is 2.19 bits per heavy atom. The lowest BCUT2D eigenvalue weighted by Crippen LogP contribution is -2.30. The van der Waals surface area contributed by atoms with Crippen molar-refractivity contribution in [3.05, 3.63) is 34.1 Å². The second-order valence-corrected chi connectivity index (χ2v) is 6.02. The van der Waals surface area contributed by atoms with Crippen molar-refractivity contribution in [2.45, 2.75) is 18.1 Å². The number of nitrogens with zero attached hydrogens (tertiary/aromatic N) is 1. The van der Waals surface area contributed by atoms with Gasteiger partial charge in [-0.1, -0.05) is 0 Å². The van der Waals surface area contributed by atoms with E-state index in [1.54, 1.807) is 0 Å². The van der Waals surface area contributed by atoms with Gasteiger partial charge in [0.1, 0.15) is 5.82 Å². The highest BCUT2D eigenvalue weighted by molar-refractivity contribution is 8.00. The largest absolute Gasteiger partial charge is 0.323 e. The molecule has 1 aromatic rings. The number of amides is 1. The van der Waals surface area contributed by atoms with Crippen molar-refractivity contribution in [2.75, 3.05) is 24.2 Å². The van der Waals surface area contributed by atoms with Crippen LogP contribution in [0.4, 0.5) is 15.8 Å². The van der Waals surface area contributed by atoms with E-state index in [0.29, 0.717) is 5.25 Å².